The van der Waals surface area contributed by atoms with Crippen LogP contribution < -0.4 is 0 Å². The average Bonchev–Trinajstić information content (AvgIpc) is 3.31. The van der Waals surface area contributed by atoms with Crippen LogP contribution in [0.15, 0.2) is 42.5 Å². The lowest BCUT2D eigenvalue weighted by Crippen LogP contribution is -2.37. The first-order valence-electron chi connectivity index (χ1n) is 9.46. The number of ether oxygens (including phenoxy) is 1. The van der Waals surface area contributed by atoms with Gasteiger partial charge in [0.15, 0.2) is 0 Å². The number of benzene rings is 2. The molecule has 1 heterocycles. The zero-order chi connectivity index (χ0) is 17.9. The summed E-state index contributed by atoms with van der Waals surface area (Å²) in [6, 6.07) is 12.5. The van der Waals surface area contributed by atoms with E-state index in [9.17, 15) is 9.18 Å². The highest BCUT2D eigenvalue weighted by Gasteiger charge is 2.24. The van der Waals surface area contributed by atoms with E-state index in [4.69, 9.17) is 4.74 Å². The van der Waals surface area contributed by atoms with Crippen LogP contribution in [0.25, 0.3) is 0 Å². The molecular formula is C22H24FNO2. The first kappa shape index (κ1) is 17.2. The number of hydrogen-bond donors (Lipinski definition) is 0. The number of aryl methyl sites for hydroxylation is 2. The highest BCUT2D eigenvalue weighted by Crippen LogP contribution is 2.24. The van der Waals surface area contributed by atoms with E-state index in [0.717, 1.165) is 49.8 Å². The van der Waals surface area contributed by atoms with Gasteiger partial charge in [-0.1, -0.05) is 18.2 Å². The molecule has 2 aromatic carbocycles. The Bertz CT molecular complexity index is 798. The zero-order valence-electron chi connectivity index (χ0n) is 14.9. The summed E-state index contributed by atoms with van der Waals surface area (Å²) in [5, 5.41) is 0. The largest absolute Gasteiger partial charge is 0.376 e. The molecule has 0 spiro atoms. The molecule has 1 aliphatic heterocycles. The zero-order valence-corrected chi connectivity index (χ0v) is 14.9. The molecule has 1 aliphatic carbocycles. The van der Waals surface area contributed by atoms with Gasteiger partial charge >= 0.3 is 0 Å². The molecule has 4 rings (SSSR count). The lowest BCUT2D eigenvalue weighted by molar-refractivity contribution is 0.0507. The third-order valence-corrected chi connectivity index (χ3v) is 5.34. The molecule has 0 saturated carbocycles. The molecule has 0 aromatic heterocycles. The van der Waals surface area contributed by atoms with E-state index < -0.39 is 0 Å². The molecule has 2 aromatic rings. The molecule has 0 bridgehead atoms. The van der Waals surface area contributed by atoms with Crippen LogP contribution in [-0.4, -0.2) is 30.1 Å². The third kappa shape index (κ3) is 3.80. The number of nitrogens with zero attached hydrogens (tertiary/aromatic N) is 1. The van der Waals surface area contributed by atoms with Gasteiger partial charge in [-0.25, -0.2) is 4.39 Å². The Hall–Kier alpha value is -2.20. The molecule has 0 radical (unpaired) electrons. The van der Waals surface area contributed by atoms with Gasteiger partial charge in [-0.05, 0) is 73.1 Å². The van der Waals surface area contributed by atoms with Crippen LogP contribution in [0.1, 0.15) is 46.3 Å². The van der Waals surface area contributed by atoms with Crippen LogP contribution in [0.4, 0.5) is 4.39 Å². The highest BCUT2D eigenvalue weighted by molar-refractivity contribution is 5.94. The van der Waals surface area contributed by atoms with Crippen LogP contribution in [0.2, 0.25) is 0 Å². The summed E-state index contributed by atoms with van der Waals surface area (Å²) in [5.74, 6) is -0.274. The number of rotatable bonds is 5. The average molecular weight is 353 g/mol. The molecule has 1 saturated heterocycles. The topological polar surface area (TPSA) is 29.5 Å². The minimum atomic E-state index is -0.274. The quantitative estimate of drug-likeness (QED) is 0.809. The van der Waals surface area contributed by atoms with E-state index >= 15 is 0 Å². The van der Waals surface area contributed by atoms with E-state index in [-0.39, 0.29) is 17.8 Å². The second-order valence-corrected chi connectivity index (χ2v) is 7.29. The first-order valence-corrected chi connectivity index (χ1v) is 9.46. The molecule has 136 valence electrons. The maximum atomic E-state index is 13.6. The van der Waals surface area contributed by atoms with Crippen LogP contribution >= 0.6 is 0 Å². The van der Waals surface area contributed by atoms with Crippen molar-refractivity contribution in [3.05, 3.63) is 70.5 Å². The third-order valence-electron chi connectivity index (χ3n) is 5.34. The van der Waals surface area contributed by atoms with E-state index in [1.807, 2.05) is 18.2 Å². The van der Waals surface area contributed by atoms with Crippen molar-refractivity contribution in [3.8, 4) is 0 Å². The molecular weight excluding hydrogens is 329 g/mol. The summed E-state index contributed by atoms with van der Waals surface area (Å²) in [5.41, 5.74) is 4.17. The van der Waals surface area contributed by atoms with Crippen molar-refractivity contribution in [3.63, 3.8) is 0 Å². The lowest BCUT2D eigenvalue weighted by Gasteiger charge is -2.26. The second-order valence-electron chi connectivity index (χ2n) is 7.29. The smallest absolute Gasteiger partial charge is 0.254 e. The molecule has 4 heteroatoms. The Kier molecular flexibility index (Phi) is 5.02. The number of amides is 1. The molecule has 1 atom stereocenters. The van der Waals surface area contributed by atoms with E-state index in [0.29, 0.717) is 13.1 Å². The molecule has 26 heavy (non-hydrogen) atoms. The Morgan fingerprint density at radius 2 is 2.00 bits per heavy atom. The summed E-state index contributed by atoms with van der Waals surface area (Å²) < 4.78 is 19.3. The van der Waals surface area contributed by atoms with Crippen LogP contribution in [0, 0.1) is 5.82 Å². The summed E-state index contributed by atoms with van der Waals surface area (Å²) in [4.78, 5) is 15.0. The number of halogens is 1. The second kappa shape index (κ2) is 7.58. The normalized spacial score (nSPS) is 18.7. The van der Waals surface area contributed by atoms with E-state index in [1.165, 1.54) is 23.3 Å². The van der Waals surface area contributed by atoms with Crippen molar-refractivity contribution in [1.82, 2.24) is 4.90 Å². The summed E-state index contributed by atoms with van der Waals surface area (Å²) in [6.45, 7) is 1.70. The maximum Gasteiger partial charge on any atom is 0.254 e. The minimum Gasteiger partial charge on any atom is -0.376 e. The molecule has 3 nitrogen and oxygen atoms in total. The molecule has 1 amide bonds. The number of fused-ring (bicyclic) bond motifs is 1. The van der Waals surface area contributed by atoms with Crippen LogP contribution in [0.3, 0.4) is 0 Å². The highest BCUT2D eigenvalue weighted by atomic mass is 19.1. The maximum absolute atomic E-state index is 13.6. The monoisotopic (exact) mass is 353 g/mol. The van der Waals surface area contributed by atoms with Gasteiger partial charge in [0, 0.05) is 25.3 Å². The van der Waals surface area contributed by atoms with Crippen molar-refractivity contribution >= 4 is 5.91 Å². The minimum absolute atomic E-state index is 0.000499. The Morgan fingerprint density at radius 3 is 2.81 bits per heavy atom. The number of carbonyl (C=O) groups excluding carboxylic acids is 1. The first-order chi connectivity index (χ1) is 12.7. The fourth-order valence-corrected chi connectivity index (χ4v) is 4.00. The molecule has 2 aliphatic rings. The predicted octanol–water partition coefficient (Wildman–Crippen LogP) is 4.14. The predicted molar refractivity (Wildman–Crippen MR) is 98.6 cm³/mol. The van der Waals surface area contributed by atoms with Gasteiger partial charge in [0.2, 0.25) is 0 Å². The van der Waals surface area contributed by atoms with Gasteiger partial charge in [-0.2, -0.15) is 0 Å². The summed E-state index contributed by atoms with van der Waals surface area (Å²) in [7, 11) is 0. The molecule has 1 unspecified atom stereocenters. The van der Waals surface area contributed by atoms with Gasteiger partial charge in [0.1, 0.15) is 5.82 Å². The lowest BCUT2D eigenvalue weighted by atomic mass is 10.0. The van der Waals surface area contributed by atoms with E-state index in [1.54, 1.807) is 11.0 Å². The van der Waals surface area contributed by atoms with E-state index in [2.05, 4.69) is 6.07 Å². The van der Waals surface area contributed by atoms with Gasteiger partial charge < -0.3 is 9.64 Å². The number of carbonyl (C=O) groups is 1. The van der Waals surface area contributed by atoms with Crippen LogP contribution in [0.5, 0.6) is 0 Å². The fourth-order valence-electron chi connectivity index (χ4n) is 4.00. The van der Waals surface area contributed by atoms with Crippen molar-refractivity contribution in [1.29, 1.82) is 0 Å². The van der Waals surface area contributed by atoms with Gasteiger partial charge in [-0.3, -0.25) is 4.79 Å². The molecule has 1 fully saturated rings. The fraction of sp³-hybridized carbons (Fsp3) is 0.409. The molecule has 0 N–H and O–H groups in total. The van der Waals surface area contributed by atoms with Crippen molar-refractivity contribution in [2.45, 2.75) is 44.8 Å². The Labute approximate surface area is 153 Å². The standard InChI is InChI=1S/C22H24FNO2/c23-20-7-1-4-16(12-20)14-24(15-21-8-3-11-26-21)22(25)19-10-9-17-5-2-6-18(17)13-19/h1,4,7,9-10,12-13,21H,2-3,5-6,8,11,14-15H2. The van der Waals surface area contributed by atoms with Crippen molar-refractivity contribution in [2.75, 3.05) is 13.2 Å². The van der Waals surface area contributed by atoms with Crippen molar-refractivity contribution < 1.29 is 13.9 Å². The summed E-state index contributed by atoms with van der Waals surface area (Å²) >= 11 is 0. The van der Waals surface area contributed by atoms with Gasteiger partial charge in [0.25, 0.3) is 5.91 Å². The Balaban J connectivity index is 1.57. The SMILES string of the molecule is O=C(c1ccc2c(c1)CCC2)N(Cc1cccc(F)c1)CC1CCCO1. The van der Waals surface area contributed by atoms with Crippen molar-refractivity contribution in [2.24, 2.45) is 0 Å². The summed E-state index contributed by atoms with van der Waals surface area (Å²) in [6.07, 6.45) is 5.39. The van der Waals surface area contributed by atoms with Crippen LogP contribution in [-0.2, 0) is 24.1 Å². The van der Waals surface area contributed by atoms with Gasteiger partial charge in [-0.15, -0.1) is 0 Å². The van der Waals surface area contributed by atoms with Gasteiger partial charge in [0.05, 0.1) is 6.10 Å². The Morgan fingerprint density at radius 1 is 1.12 bits per heavy atom. The number of hydrogen-bond acceptors (Lipinski definition) is 2.